The fraction of sp³-hybridized carbons (Fsp3) is 0.875. The highest BCUT2D eigenvalue weighted by molar-refractivity contribution is 5.87. The standard InChI is InChI=1S/C16H29N3O2/c1-3-11(2)14(18-16(17)21)15(20)19-9-8-12-6-4-5-7-13(12)10-19/h11-14H,3-10H2,1-2H3,(H3,17,18,21)/t11-,12-,13+,14-/m0/s1. The monoisotopic (exact) mass is 295 g/mol. The Morgan fingerprint density at radius 2 is 1.90 bits per heavy atom. The maximum atomic E-state index is 12.8. The molecule has 0 unspecified atom stereocenters. The first-order chi connectivity index (χ1) is 10.0. The van der Waals surface area contributed by atoms with Crippen LogP contribution in [0.3, 0.4) is 0 Å². The Kier molecular flexibility index (Phi) is 5.48. The SMILES string of the molecule is CC[C@H](C)[C@H](NC(N)=O)C(=O)N1CC[C@@H]2CCCC[C@@H]2C1. The van der Waals surface area contributed by atoms with Crippen molar-refractivity contribution in [2.75, 3.05) is 13.1 Å². The smallest absolute Gasteiger partial charge is 0.312 e. The predicted molar refractivity (Wildman–Crippen MR) is 82.6 cm³/mol. The molecule has 0 spiro atoms. The van der Waals surface area contributed by atoms with E-state index in [0.29, 0.717) is 5.92 Å². The molecule has 21 heavy (non-hydrogen) atoms. The van der Waals surface area contributed by atoms with E-state index in [2.05, 4.69) is 5.32 Å². The van der Waals surface area contributed by atoms with Crippen molar-refractivity contribution >= 4 is 11.9 Å². The lowest BCUT2D eigenvalue weighted by molar-refractivity contribution is -0.137. The molecule has 0 bridgehead atoms. The molecule has 1 aliphatic heterocycles. The van der Waals surface area contributed by atoms with Crippen molar-refractivity contribution in [1.29, 1.82) is 0 Å². The number of fused-ring (bicyclic) bond motifs is 1. The Balaban J connectivity index is 2.01. The summed E-state index contributed by atoms with van der Waals surface area (Å²) in [7, 11) is 0. The summed E-state index contributed by atoms with van der Waals surface area (Å²) < 4.78 is 0. The molecule has 5 heteroatoms. The van der Waals surface area contributed by atoms with Crippen LogP contribution in [-0.2, 0) is 4.79 Å². The largest absolute Gasteiger partial charge is 0.352 e. The second-order valence-electron chi connectivity index (χ2n) is 6.75. The Bertz CT molecular complexity index is 386. The molecule has 3 N–H and O–H groups in total. The fourth-order valence-corrected chi connectivity index (χ4v) is 3.83. The molecule has 0 aromatic carbocycles. The van der Waals surface area contributed by atoms with Crippen LogP contribution in [0.5, 0.6) is 0 Å². The third kappa shape index (κ3) is 3.89. The lowest BCUT2D eigenvalue weighted by atomic mass is 9.75. The Hall–Kier alpha value is -1.26. The summed E-state index contributed by atoms with van der Waals surface area (Å²) in [5, 5.41) is 2.65. The van der Waals surface area contributed by atoms with Crippen molar-refractivity contribution in [3.8, 4) is 0 Å². The number of rotatable bonds is 4. The third-order valence-electron chi connectivity index (χ3n) is 5.38. The van der Waals surface area contributed by atoms with Gasteiger partial charge in [-0.3, -0.25) is 4.79 Å². The molecule has 1 heterocycles. The van der Waals surface area contributed by atoms with Crippen LogP contribution in [0.25, 0.3) is 0 Å². The molecule has 2 fully saturated rings. The first-order valence-corrected chi connectivity index (χ1v) is 8.37. The molecule has 1 saturated carbocycles. The van der Waals surface area contributed by atoms with Crippen LogP contribution >= 0.6 is 0 Å². The highest BCUT2D eigenvalue weighted by Gasteiger charge is 2.36. The summed E-state index contributed by atoms with van der Waals surface area (Å²) in [4.78, 5) is 25.9. The third-order valence-corrected chi connectivity index (χ3v) is 5.38. The molecular weight excluding hydrogens is 266 g/mol. The molecule has 0 radical (unpaired) electrons. The predicted octanol–water partition coefficient (Wildman–Crippen LogP) is 2.11. The molecule has 2 rings (SSSR count). The molecule has 3 amide bonds. The average Bonchev–Trinajstić information content (AvgIpc) is 2.50. The van der Waals surface area contributed by atoms with Crippen LogP contribution in [-0.4, -0.2) is 36.0 Å². The summed E-state index contributed by atoms with van der Waals surface area (Å²) in [6, 6.07) is -1.09. The normalized spacial score (nSPS) is 28.4. The second-order valence-corrected chi connectivity index (χ2v) is 6.75. The van der Waals surface area contributed by atoms with E-state index >= 15 is 0 Å². The van der Waals surface area contributed by atoms with E-state index in [0.717, 1.165) is 31.8 Å². The molecular formula is C16H29N3O2. The maximum absolute atomic E-state index is 12.8. The van der Waals surface area contributed by atoms with Gasteiger partial charge in [-0.25, -0.2) is 4.79 Å². The van der Waals surface area contributed by atoms with Gasteiger partial charge >= 0.3 is 6.03 Å². The summed E-state index contributed by atoms with van der Waals surface area (Å²) in [6.45, 7) is 5.71. The van der Waals surface area contributed by atoms with Gasteiger partial charge in [-0.15, -0.1) is 0 Å². The van der Waals surface area contributed by atoms with Crippen molar-refractivity contribution in [2.24, 2.45) is 23.5 Å². The molecule has 0 aromatic rings. The number of nitrogens with two attached hydrogens (primary N) is 1. The van der Waals surface area contributed by atoms with E-state index in [1.807, 2.05) is 18.7 Å². The van der Waals surface area contributed by atoms with Gasteiger partial charge in [-0.05, 0) is 30.6 Å². The van der Waals surface area contributed by atoms with Crippen LogP contribution < -0.4 is 11.1 Å². The van der Waals surface area contributed by atoms with E-state index in [-0.39, 0.29) is 11.8 Å². The zero-order valence-electron chi connectivity index (χ0n) is 13.3. The number of likely N-dealkylation sites (tertiary alicyclic amines) is 1. The van der Waals surface area contributed by atoms with Crippen molar-refractivity contribution in [1.82, 2.24) is 10.2 Å². The number of amides is 3. The van der Waals surface area contributed by atoms with Crippen molar-refractivity contribution < 1.29 is 9.59 Å². The number of nitrogens with zero attached hydrogens (tertiary/aromatic N) is 1. The van der Waals surface area contributed by atoms with Crippen LogP contribution in [0.2, 0.25) is 0 Å². The topological polar surface area (TPSA) is 75.4 Å². The van der Waals surface area contributed by atoms with Crippen LogP contribution in [0, 0.1) is 17.8 Å². The van der Waals surface area contributed by atoms with Gasteiger partial charge in [0.2, 0.25) is 5.91 Å². The number of hydrogen-bond acceptors (Lipinski definition) is 2. The minimum absolute atomic E-state index is 0.0483. The second kappa shape index (κ2) is 7.14. The lowest BCUT2D eigenvalue weighted by Gasteiger charge is -2.42. The minimum Gasteiger partial charge on any atom is -0.352 e. The van der Waals surface area contributed by atoms with Crippen molar-refractivity contribution in [3.05, 3.63) is 0 Å². The number of piperidine rings is 1. The van der Waals surface area contributed by atoms with Crippen LogP contribution in [0.15, 0.2) is 0 Å². The van der Waals surface area contributed by atoms with Gasteiger partial charge < -0.3 is 16.0 Å². The summed E-state index contributed by atoms with van der Waals surface area (Å²) >= 11 is 0. The first kappa shape index (κ1) is 16.1. The van der Waals surface area contributed by atoms with E-state index in [9.17, 15) is 9.59 Å². The summed E-state index contributed by atoms with van der Waals surface area (Å²) in [5.74, 6) is 1.61. The Morgan fingerprint density at radius 1 is 1.24 bits per heavy atom. The zero-order valence-corrected chi connectivity index (χ0v) is 13.3. The van der Waals surface area contributed by atoms with Gasteiger partial charge in [-0.1, -0.05) is 39.5 Å². The molecule has 120 valence electrons. The summed E-state index contributed by atoms with van der Waals surface area (Å²) in [6.07, 6.45) is 7.15. The van der Waals surface area contributed by atoms with E-state index in [1.165, 1.54) is 25.7 Å². The van der Waals surface area contributed by atoms with E-state index < -0.39 is 12.1 Å². The number of primary amides is 1. The highest BCUT2D eigenvalue weighted by Crippen LogP contribution is 2.36. The zero-order chi connectivity index (χ0) is 15.4. The molecule has 1 saturated heterocycles. The summed E-state index contributed by atoms with van der Waals surface area (Å²) in [5.41, 5.74) is 5.24. The van der Waals surface area contributed by atoms with Gasteiger partial charge in [0.15, 0.2) is 0 Å². The quantitative estimate of drug-likeness (QED) is 0.833. The average molecular weight is 295 g/mol. The minimum atomic E-state index is -0.610. The van der Waals surface area contributed by atoms with E-state index in [1.54, 1.807) is 0 Å². The van der Waals surface area contributed by atoms with Gasteiger partial charge in [0, 0.05) is 13.1 Å². The first-order valence-electron chi connectivity index (χ1n) is 8.37. The number of urea groups is 1. The molecule has 5 nitrogen and oxygen atoms in total. The molecule has 1 aliphatic carbocycles. The molecule has 0 aromatic heterocycles. The molecule has 4 atom stereocenters. The van der Waals surface area contributed by atoms with Gasteiger partial charge in [0.25, 0.3) is 0 Å². The molecule has 2 aliphatic rings. The van der Waals surface area contributed by atoms with Gasteiger partial charge in [0.05, 0.1) is 0 Å². The Labute approximate surface area is 127 Å². The van der Waals surface area contributed by atoms with Gasteiger partial charge in [-0.2, -0.15) is 0 Å². The number of hydrogen-bond donors (Lipinski definition) is 2. The number of nitrogens with one attached hydrogen (secondary N) is 1. The van der Waals surface area contributed by atoms with Gasteiger partial charge in [0.1, 0.15) is 6.04 Å². The number of carbonyl (C=O) groups excluding carboxylic acids is 2. The lowest BCUT2D eigenvalue weighted by Crippen LogP contribution is -2.56. The van der Waals surface area contributed by atoms with Crippen LogP contribution in [0.4, 0.5) is 4.79 Å². The Morgan fingerprint density at radius 3 is 2.52 bits per heavy atom. The highest BCUT2D eigenvalue weighted by atomic mass is 16.2. The van der Waals surface area contributed by atoms with Crippen LogP contribution in [0.1, 0.15) is 52.4 Å². The van der Waals surface area contributed by atoms with Crippen molar-refractivity contribution in [3.63, 3.8) is 0 Å². The fourth-order valence-electron chi connectivity index (χ4n) is 3.83. The van der Waals surface area contributed by atoms with Crippen molar-refractivity contribution in [2.45, 2.75) is 58.4 Å². The number of carbonyl (C=O) groups is 2. The van der Waals surface area contributed by atoms with E-state index in [4.69, 9.17) is 5.73 Å². The maximum Gasteiger partial charge on any atom is 0.312 e.